The molecule has 0 aliphatic rings. The molecule has 25 heavy (non-hydrogen) atoms. The van der Waals surface area contributed by atoms with E-state index in [1.165, 1.54) is 27.2 Å². The summed E-state index contributed by atoms with van der Waals surface area (Å²) in [6.07, 6.45) is 0.770. The molecule has 5 heteroatoms. The summed E-state index contributed by atoms with van der Waals surface area (Å²) in [7, 11) is 1.64. The number of carbonyl (C=O) groups is 2. The lowest BCUT2D eigenvalue weighted by atomic mass is 9.83. The molecule has 1 aromatic carbocycles. The van der Waals surface area contributed by atoms with Crippen molar-refractivity contribution in [3.05, 3.63) is 34.4 Å². The second kappa shape index (κ2) is 8.48. The van der Waals surface area contributed by atoms with E-state index in [4.69, 9.17) is 5.11 Å². The van der Waals surface area contributed by atoms with Gasteiger partial charge in [-0.25, -0.2) is 0 Å². The Labute approximate surface area is 151 Å². The molecule has 0 fully saturated rings. The van der Waals surface area contributed by atoms with Crippen LogP contribution in [-0.4, -0.2) is 48.1 Å². The van der Waals surface area contributed by atoms with E-state index in [9.17, 15) is 9.59 Å². The van der Waals surface area contributed by atoms with Gasteiger partial charge in [-0.15, -0.1) is 0 Å². The summed E-state index contributed by atoms with van der Waals surface area (Å²) in [4.78, 5) is 24.4. The molecule has 140 valence electrons. The minimum absolute atomic E-state index is 0.0778. The number of carbonyl (C=O) groups excluding carboxylic acids is 1. The van der Waals surface area contributed by atoms with Crippen LogP contribution in [0.5, 0.6) is 0 Å². The van der Waals surface area contributed by atoms with Crippen LogP contribution >= 0.6 is 0 Å². The SMILES string of the molecule is Cc1cc(C(C)(C)C)cc(C)c1CCNC(=O)CN(C)C(C)C(=O)O. The fourth-order valence-corrected chi connectivity index (χ4v) is 2.76. The fraction of sp³-hybridized carbons (Fsp3) is 0.600. The maximum atomic E-state index is 12.0. The van der Waals surface area contributed by atoms with E-state index in [0.29, 0.717) is 6.54 Å². The molecule has 1 rings (SSSR count). The van der Waals surface area contributed by atoms with E-state index in [0.717, 1.165) is 6.42 Å². The van der Waals surface area contributed by atoms with E-state index in [1.807, 2.05) is 0 Å². The van der Waals surface area contributed by atoms with Crippen molar-refractivity contribution in [2.24, 2.45) is 0 Å². The summed E-state index contributed by atoms with van der Waals surface area (Å²) < 4.78 is 0. The third-order valence-electron chi connectivity index (χ3n) is 4.67. The minimum atomic E-state index is -0.930. The lowest BCUT2D eigenvalue weighted by molar-refractivity contribution is -0.142. The van der Waals surface area contributed by atoms with Gasteiger partial charge in [0, 0.05) is 6.54 Å². The van der Waals surface area contributed by atoms with Crippen LogP contribution in [-0.2, 0) is 21.4 Å². The summed E-state index contributed by atoms with van der Waals surface area (Å²) in [5, 5.41) is 11.8. The Morgan fingerprint density at radius 3 is 2.16 bits per heavy atom. The highest BCUT2D eigenvalue weighted by molar-refractivity contribution is 5.79. The molecular weight excluding hydrogens is 316 g/mol. The molecule has 0 radical (unpaired) electrons. The monoisotopic (exact) mass is 348 g/mol. The van der Waals surface area contributed by atoms with E-state index < -0.39 is 12.0 Å². The van der Waals surface area contributed by atoms with Crippen LogP contribution in [0.15, 0.2) is 12.1 Å². The maximum absolute atomic E-state index is 12.0. The Morgan fingerprint density at radius 2 is 1.72 bits per heavy atom. The van der Waals surface area contributed by atoms with Crippen molar-refractivity contribution in [2.45, 2.75) is 59.4 Å². The summed E-state index contributed by atoms with van der Waals surface area (Å²) in [6, 6.07) is 3.78. The first-order valence-corrected chi connectivity index (χ1v) is 8.73. The molecule has 0 aromatic heterocycles. The van der Waals surface area contributed by atoms with Gasteiger partial charge in [-0.3, -0.25) is 14.5 Å². The van der Waals surface area contributed by atoms with Crippen LogP contribution < -0.4 is 5.32 Å². The first kappa shape index (κ1) is 21.2. The second-order valence-corrected chi connectivity index (χ2v) is 7.87. The highest BCUT2D eigenvalue weighted by atomic mass is 16.4. The smallest absolute Gasteiger partial charge is 0.320 e. The predicted octanol–water partition coefficient (Wildman–Crippen LogP) is 2.66. The van der Waals surface area contributed by atoms with Crippen molar-refractivity contribution in [3.63, 3.8) is 0 Å². The van der Waals surface area contributed by atoms with Crippen molar-refractivity contribution < 1.29 is 14.7 Å². The van der Waals surface area contributed by atoms with E-state index in [2.05, 4.69) is 52.1 Å². The maximum Gasteiger partial charge on any atom is 0.320 e. The quantitative estimate of drug-likeness (QED) is 0.795. The topological polar surface area (TPSA) is 69.6 Å². The van der Waals surface area contributed by atoms with Gasteiger partial charge in [-0.05, 0) is 61.9 Å². The van der Waals surface area contributed by atoms with Gasteiger partial charge in [-0.1, -0.05) is 32.9 Å². The van der Waals surface area contributed by atoms with Gasteiger partial charge in [-0.2, -0.15) is 0 Å². The number of aliphatic carboxylic acids is 1. The van der Waals surface area contributed by atoms with E-state index in [1.54, 1.807) is 14.0 Å². The lowest BCUT2D eigenvalue weighted by Gasteiger charge is -2.23. The van der Waals surface area contributed by atoms with E-state index in [-0.39, 0.29) is 17.9 Å². The number of nitrogens with one attached hydrogen (secondary N) is 1. The summed E-state index contributed by atoms with van der Waals surface area (Å²) in [6.45, 7) is 13.0. The number of amides is 1. The zero-order chi connectivity index (χ0) is 19.4. The number of aryl methyl sites for hydroxylation is 2. The average molecular weight is 348 g/mol. The van der Waals surface area contributed by atoms with Crippen molar-refractivity contribution in [1.82, 2.24) is 10.2 Å². The number of hydrogen-bond donors (Lipinski definition) is 2. The van der Waals surface area contributed by atoms with E-state index >= 15 is 0 Å². The highest BCUT2D eigenvalue weighted by Crippen LogP contribution is 2.27. The number of carboxylic acids is 1. The van der Waals surface area contributed by atoms with Gasteiger partial charge >= 0.3 is 5.97 Å². The molecule has 0 heterocycles. The first-order valence-electron chi connectivity index (χ1n) is 8.73. The number of rotatable bonds is 7. The van der Waals surface area contributed by atoms with Crippen molar-refractivity contribution in [1.29, 1.82) is 0 Å². The van der Waals surface area contributed by atoms with Gasteiger partial charge in [0.1, 0.15) is 6.04 Å². The second-order valence-electron chi connectivity index (χ2n) is 7.87. The Balaban J connectivity index is 2.62. The standard InChI is InChI=1S/C20H32N2O3/c1-13-10-16(20(4,5)6)11-14(2)17(13)8-9-21-18(23)12-22(7)15(3)19(24)25/h10-11,15H,8-9,12H2,1-7H3,(H,21,23)(H,24,25). The molecule has 1 unspecified atom stereocenters. The molecule has 1 aromatic rings. The van der Waals surface area contributed by atoms with Gasteiger partial charge in [0.25, 0.3) is 0 Å². The average Bonchev–Trinajstić information content (AvgIpc) is 2.47. The number of hydrogen-bond acceptors (Lipinski definition) is 3. The molecule has 2 N–H and O–H groups in total. The molecule has 1 amide bonds. The van der Waals surface area contributed by atoms with Gasteiger partial charge < -0.3 is 10.4 Å². The number of benzene rings is 1. The van der Waals surface area contributed by atoms with Gasteiger partial charge in [0.15, 0.2) is 0 Å². The summed E-state index contributed by atoms with van der Waals surface area (Å²) >= 11 is 0. The van der Waals surface area contributed by atoms with Crippen LogP contribution in [0.25, 0.3) is 0 Å². The van der Waals surface area contributed by atoms with Crippen LogP contribution in [0.3, 0.4) is 0 Å². The zero-order valence-corrected chi connectivity index (χ0v) is 16.6. The zero-order valence-electron chi connectivity index (χ0n) is 16.6. The Hall–Kier alpha value is -1.88. The molecule has 0 saturated carbocycles. The summed E-state index contributed by atoms with van der Waals surface area (Å²) in [5.41, 5.74) is 5.19. The molecule has 0 bridgehead atoms. The normalized spacial score (nSPS) is 13.0. The number of carboxylic acid groups (broad SMARTS) is 1. The number of nitrogens with zero attached hydrogens (tertiary/aromatic N) is 1. The van der Waals surface area contributed by atoms with Gasteiger partial charge in [0.05, 0.1) is 6.54 Å². The van der Waals surface area contributed by atoms with Crippen LogP contribution in [0, 0.1) is 13.8 Å². The molecule has 0 aliphatic carbocycles. The predicted molar refractivity (Wildman–Crippen MR) is 101 cm³/mol. The lowest BCUT2D eigenvalue weighted by Crippen LogP contribution is -2.43. The largest absolute Gasteiger partial charge is 0.480 e. The molecule has 5 nitrogen and oxygen atoms in total. The Kier molecular flexibility index (Phi) is 7.17. The fourth-order valence-electron chi connectivity index (χ4n) is 2.76. The third kappa shape index (κ3) is 6.16. The van der Waals surface area contributed by atoms with Gasteiger partial charge in [0.2, 0.25) is 5.91 Å². The van der Waals surface area contributed by atoms with Crippen molar-refractivity contribution in [3.8, 4) is 0 Å². The molecule has 0 saturated heterocycles. The molecule has 1 atom stereocenters. The van der Waals surface area contributed by atoms with Crippen LogP contribution in [0.1, 0.15) is 49.9 Å². The highest BCUT2D eigenvalue weighted by Gasteiger charge is 2.19. The van der Waals surface area contributed by atoms with Crippen LogP contribution in [0.2, 0.25) is 0 Å². The Morgan fingerprint density at radius 1 is 1.20 bits per heavy atom. The van der Waals surface area contributed by atoms with Crippen LogP contribution in [0.4, 0.5) is 0 Å². The molecule has 0 spiro atoms. The van der Waals surface area contributed by atoms with Crippen molar-refractivity contribution >= 4 is 11.9 Å². The minimum Gasteiger partial charge on any atom is -0.480 e. The van der Waals surface area contributed by atoms with Crippen molar-refractivity contribution in [2.75, 3.05) is 20.1 Å². The molecular formula is C20H32N2O3. The Bertz CT molecular complexity index is 609. The number of likely N-dealkylation sites (N-methyl/N-ethyl adjacent to an activating group) is 1. The third-order valence-corrected chi connectivity index (χ3v) is 4.67. The summed E-state index contributed by atoms with van der Waals surface area (Å²) in [5.74, 6) is -1.09. The molecule has 0 aliphatic heterocycles. The first-order chi connectivity index (χ1) is 11.4.